The number of hydrogen-bond donors (Lipinski definition) is 0. The third-order valence-electron chi connectivity index (χ3n) is 3.15. The standard InChI is InChI=1S/C13H13ClN4/c1-3-18-11-6-4-5-9(12(11)16-13(18)14)10-7-8-15-17(10)2/h4-8H,3H2,1-2H3. The summed E-state index contributed by atoms with van der Waals surface area (Å²) in [6, 6.07) is 8.09. The summed E-state index contributed by atoms with van der Waals surface area (Å²) in [5.41, 5.74) is 4.08. The van der Waals surface area contributed by atoms with E-state index in [-0.39, 0.29) is 0 Å². The first-order chi connectivity index (χ1) is 8.72. The van der Waals surface area contributed by atoms with Crippen LogP contribution >= 0.6 is 11.6 Å². The van der Waals surface area contributed by atoms with Crippen LogP contribution in [0.3, 0.4) is 0 Å². The van der Waals surface area contributed by atoms with Crippen molar-refractivity contribution in [2.24, 2.45) is 7.05 Å². The summed E-state index contributed by atoms with van der Waals surface area (Å²) in [6.07, 6.45) is 1.78. The van der Waals surface area contributed by atoms with Crippen molar-refractivity contribution >= 4 is 22.6 Å². The Morgan fingerprint density at radius 1 is 1.28 bits per heavy atom. The molecule has 0 radical (unpaired) electrons. The summed E-state index contributed by atoms with van der Waals surface area (Å²) in [7, 11) is 1.92. The third-order valence-corrected chi connectivity index (χ3v) is 3.43. The molecule has 0 N–H and O–H groups in total. The van der Waals surface area contributed by atoms with Crippen molar-refractivity contribution in [2.75, 3.05) is 0 Å². The van der Waals surface area contributed by atoms with Crippen LogP contribution in [0.25, 0.3) is 22.3 Å². The van der Waals surface area contributed by atoms with E-state index in [1.165, 1.54) is 0 Å². The van der Waals surface area contributed by atoms with E-state index in [0.29, 0.717) is 5.28 Å². The van der Waals surface area contributed by atoms with E-state index < -0.39 is 0 Å². The van der Waals surface area contributed by atoms with Crippen molar-refractivity contribution in [2.45, 2.75) is 13.5 Å². The van der Waals surface area contributed by atoms with Crippen molar-refractivity contribution in [3.05, 3.63) is 35.7 Å². The van der Waals surface area contributed by atoms with Gasteiger partial charge in [0.1, 0.15) is 0 Å². The van der Waals surface area contributed by atoms with Gasteiger partial charge < -0.3 is 4.57 Å². The lowest BCUT2D eigenvalue weighted by Gasteiger charge is -2.04. The molecule has 2 aromatic heterocycles. The molecule has 0 bridgehead atoms. The number of imidazole rings is 1. The Balaban J connectivity index is 2.35. The van der Waals surface area contributed by atoms with Crippen LogP contribution in [0.15, 0.2) is 30.5 Å². The van der Waals surface area contributed by atoms with Gasteiger partial charge in [0.15, 0.2) is 0 Å². The second-order valence-corrected chi connectivity index (χ2v) is 4.48. The second kappa shape index (κ2) is 4.14. The first kappa shape index (κ1) is 11.3. The van der Waals surface area contributed by atoms with Gasteiger partial charge in [0.05, 0.1) is 16.7 Å². The molecule has 0 spiro atoms. The molecule has 3 aromatic rings. The fourth-order valence-corrected chi connectivity index (χ4v) is 2.56. The molecule has 0 aliphatic heterocycles. The molecule has 0 aliphatic rings. The average Bonchev–Trinajstić information content (AvgIpc) is 2.91. The SMILES string of the molecule is CCn1c(Cl)nc2c(-c3ccnn3C)cccc21. The van der Waals surface area contributed by atoms with Gasteiger partial charge in [-0.05, 0) is 30.7 Å². The summed E-state index contributed by atoms with van der Waals surface area (Å²) in [5, 5.41) is 4.73. The normalized spacial score (nSPS) is 11.3. The first-order valence-corrected chi connectivity index (χ1v) is 6.23. The van der Waals surface area contributed by atoms with Crippen LogP contribution in [0.4, 0.5) is 0 Å². The molecule has 3 rings (SSSR count). The third kappa shape index (κ3) is 1.53. The molecule has 5 heteroatoms. The maximum absolute atomic E-state index is 6.17. The van der Waals surface area contributed by atoms with Crippen molar-refractivity contribution < 1.29 is 0 Å². The van der Waals surface area contributed by atoms with Crippen LogP contribution in [0.2, 0.25) is 5.28 Å². The van der Waals surface area contributed by atoms with E-state index in [1.807, 2.05) is 40.6 Å². The number of para-hydroxylation sites is 1. The first-order valence-electron chi connectivity index (χ1n) is 5.85. The van der Waals surface area contributed by atoms with E-state index in [2.05, 4.69) is 17.0 Å². The van der Waals surface area contributed by atoms with Crippen LogP contribution in [0.1, 0.15) is 6.92 Å². The summed E-state index contributed by atoms with van der Waals surface area (Å²) in [5.74, 6) is 0. The highest BCUT2D eigenvalue weighted by Crippen LogP contribution is 2.29. The predicted molar refractivity (Wildman–Crippen MR) is 72.6 cm³/mol. The molecule has 0 amide bonds. The zero-order valence-electron chi connectivity index (χ0n) is 10.3. The number of rotatable bonds is 2. The van der Waals surface area contributed by atoms with Gasteiger partial charge in [-0.1, -0.05) is 12.1 Å². The molecule has 92 valence electrons. The number of aromatic nitrogens is 4. The Hall–Kier alpha value is -1.81. The van der Waals surface area contributed by atoms with Crippen LogP contribution in [0, 0.1) is 0 Å². The van der Waals surface area contributed by atoms with Crippen LogP contribution < -0.4 is 0 Å². The minimum Gasteiger partial charge on any atom is -0.315 e. The summed E-state index contributed by atoms with van der Waals surface area (Å²) < 4.78 is 3.84. The fraction of sp³-hybridized carbons (Fsp3) is 0.231. The fourth-order valence-electron chi connectivity index (χ4n) is 2.26. The van der Waals surface area contributed by atoms with Crippen molar-refractivity contribution in [3.8, 4) is 11.3 Å². The number of halogens is 1. The molecule has 18 heavy (non-hydrogen) atoms. The van der Waals surface area contributed by atoms with Gasteiger partial charge in [0, 0.05) is 25.4 Å². The number of nitrogens with zero attached hydrogens (tertiary/aromatic N) is 4. The Kier molecular flexibility index (Phi) is 2.59. The number of benzene rings is 1. The lowest BCUT2D eigenvalue weighted by Crippen LogP contribution is -1.95. The molecule has 0 atom stereocenters. The van der Waals surface area contributed by atoms with Gasteiger partial charge >= 0.3 is 0 Å². The number of fused-ring (bicyclic) bond motifs is 1. The highest BCUT2D eigenvalue weighted by atomic mass is 35.5. The lowest BCUT2D eigenvalue weighted by molar-refractivity contribution is 0.776. The Morgan fingerprint density at radius 3 is 2.78 bits per heavy atom. The molecule has 2 heterocycles. The molecule has 0 aliphatic carbocycles. The van der Waals surface area contributed by atoms with Gasteiger partial charge in [-0.25, -0.2) is 4.98 Å². The lowest BCUT2D eigenvalue weighted by atomic mass is 10.1. The van der Waals surface area contributed by atoms with Gasteiger partial charge in [-0.15, -0.1) is 0 Å². The van der Waals surface area contributed by atoms with Crippen molar-refractivity contribution in [3.63, 3.8) is 0 Å². The van der Waals surface area contributed by atoms with E-state index in [9.17, 15) is 0 Å². The molecular weight excluding hydrogens is 248 g/mol. The van der Waals surface area contributed by atoms with Gasteiger partial charge in [-0.2, -0.15) is 5.10 Å². The number of aryl methyl sites for hydroxylation is 2. The highest BCUT2D eigenvalue weighted by molar-refractivity contribution is 6.29. The molecule has 0 fully saturated rings. The van der Waals surface area contributed by atoms with Crippen molar-refractivity contribution in [1.82, 2.24) is 19.3 Å². The van der Waals surface area contributed by atoms with Crippen molar-refractivity contribution in [1.29, 1.82) is 0 Å². The largest absolute Gasteiger partial charge is 0.315 e. The van der Waals surface area contributed by atoms with Crippen LogP contribution in [-0.4, -0.2) is 19.3 Å². The summed E-state index contributed by atoms with van der Waals surface area (Å²) in [6.45, 7) is 2.87. The Morgan fingerprint density at radius 2 is 2.11 bits per heavy atom. The summed E-state index contributed by atoms with van der Waals surface area (Å²) >= 11 is 6.17. The molecule has 0 unspecified atom stereocenters. The van der Waals surface area contributed by atoms with E-state index in [4.69, 9.17) is 11.6 Å². The highest BCUT2D eigenvalue weighted by Gasteiger charge is 2.13. The quantitative estimate of drug-likeness (QED) is 0.710. The zero-order chi connectivity index (χ0) is 12.7. The maximum Gasteiger partial charge on any atom is 0.203 e. The monoisotopic (exact) mass is 260 g/mol. The van der Waals surface area contributed by atoms with Gasteiger partial charge in [0.25, 0.3) is 0 Å². The number of hydrogen-bond acceptors (Lipinski definition) is 2. The van der Waals surface area contributed by atoms with E-state index in [0.717, 1.165) is 28.8 Å². The Labute approximate surface area is 110 Å². The van der Waals surface area contributed by atoms with E-state index in [1.54, 1.807) is 6.20 Å². The predicted octanol–water partition coefficient (Wildman–Crippen LogP) is 3.11. The molecular formula is C13H13ClN4. The minimum absolute atomic E-state index is 0.530. The minimum atomic E-state index is 0.530. The van der Waals surface area contributed by atoms with E-state index >= 15 is 0 Å². The topological polar surface area (TPSA) is 35.6 Å². The van der Waals surface area contributed by atoms with Crippen LogP contribution in [0.5, 0.6) is 0 Å². The maximum atomic E-state index is 6.17. The zero-order valence-corrected chi connectivity index (χ0v) is 11.0. The second-order valence-electron chi connectivity index (χ2n) is 4.14. The van der Waals surface area contributed by atoms with Gasteiger partial charge in [0.2, 0.25) is 5.28 Å². The smallest absolute Gasteiger partial charge is 0.203 e. The molecule has 4 nitrogen and oxygen atoms in total. The molecule has 0 saturated heterocycles. The van der Waals surface area contributed by atoms with Gasteiger partial charge in [-0.3, -0.25) is 4.68 Å². The molecule has 0 saturated carbocycles. The molecule has 1 aromatic carbocycles. The van der Waals surface area contributed by atoms with Crippen LogP contribution in [-0.2, 0) is 13.6 Å². The average molecular weight is 261 g/mol. The summed E-state index contributed by atoms with van der Waals surface area (Å²) in [4.78, 5) is 4.47. The Bertz CT molecular complexity index is 711.